The number of ether oxygens (including phenoxy) is 1. The number of rotatable bonds is 3. The molecule has 1 aromatic heterocycles. The summed E-state index contributed by atoms with van der Waals surface area (Å²) in [6, 6.07) is 4.57. The lowest BCUT2D eigenvalue weighted by Crippen LogP contribution is -2.11. The lowest BCUT2D eigenvalue weighted by atomic mass is 10.1. The first kappa shape index (κ1) is 14.9. The van der Waals surface area contributed by atoms with Crippen molar-refractivity contribution >= 4 is 39.3 Å². The minimum absolute atomic E-state index is 0.168. The zero-order valence-corrected chi connectivity index (χ0v) is 12.1. The number of benzene rings is 1. The Morgan fingerprint density at radius 2 is 2.14 bits per heavy atom. The molecule has 0 aliphatic heterocycles. The molecule has 21 heavy (non-hydrogen) atoms. The summed E-state index contributed by atoms with van der Waals surface area (Å²) in [5, 5.41) is 10.8. The van der Waals surface area contributed by atoms with E-state index in [1.165, 1.54) is 43.6 Å². The second kappa shape index (κ2) is 5.85. The largest absolute Gasteiger partial charge is 0.465 e. The van der Waals surface area contributed by atoms with E-state index in [4.69, 9.17) is 5.26 Å². The Balaban J connectivity index is 2.71. The van der Waals surface area contributed by atoms with Gasteiger partial charge in [-0.05, 0) is 36.1 Å². The van der Waals surface area contributed by atoms with Gasteiger partial charge < -0.3 is 4.74 Å². The normalized spacial score (nSPS) is 11.2. The number of halogens is 1. The summed E-state index contributed by atoms with van der Waals surface area (Å²) in [5.74, 6) is -1.76. The number of ketones is 1. The average Bonchev–Trinajstić information content (AvgIpc) is 2.89. The third-order valence-corrected chi connectivity index (χ3v) is 3.94. The summed E-state index contributed by atoms with van der Waals surface area (Å²) in [6.07, 6.45) is 1.29. The van der Waals surface area contributed by atoms with Crippen LogP contribution in [0, 0.1) is 17.1 Å². The molecule has 0 spiro atoms. The molecule has 0 saturated carbocycles. The maximum absolute atomic E-state index is 14.0. The van der Waals surface area contributed by atoms with Crippen molar-refractivity contribution in [3.63, 3.8) is 0 Å². The van der Waals surface area contributed by atoms with Gasteiger partial charge >= 0.3 is 5.97 Å². The smallest absolute Gasteiger partial charge is 0.341 e. The molecule has 106 valence electrons. The molecule has 4 nitrogen and oxygen atoms in total. The molecule has 2 aromatic rings. The van der Waals surface area contributed by atoms with Crippen molar-refractivity contribution in [1.29, 1.82) is 5.26 Å². The van der Waals surface area contributed by atoms with Crippen LogP contribution >= 0.6 is 11.3 Å². The monoisotopic (exact) mass is 303 g/mol. The van der Waals surface area contributed by atoms with Crippen molar-refractivity contribution in [3.8, 4) is 6.07 Å². The Bertz CT molecular complexity index is 814. The number of hydrogen-bond donors (Lipinski definition) is 0. The summed E-state index contributed by atoms with van der Waals surface area (Å²) in [5.41, 5.74) is 0.553. The summed E-state index contributed by atoms with van der Waals surface area (Å²) in [7, 11) is 1.17. The van der Waals surface area contributed by atoms with E-state index in [0.29, 0.717) is 15.8 Å². The maximum atomic E-state index is 14.0. The van der Waals surface area contributed by atoms with Crippen LogP contribution in [-0.4, -0.2) is 18.9 Å². The molecule has 6 heteroatoms. The zero-order chi connectivity index (χ0) is 15.6. The van der Waals surface area contributed by atoms with Crippen LogP contribution in [0.3, 0.4) is 0 Å². The molecular formula is C15H10FNO3S. The van der Waals surface area contributed by atoms with E-state index in [0.717, 1.165) is 0 Å². The molecule has 0 bridgehead atoms. The zero-order valence-electron chi connectivity index (χ0n) is 11.3. The first-order valence-electron chi connectivity index (χ1n) is 5.90. The lowest BCUT2D eigenvalue weighted by molar-refractivity contribution is -0.137. The van der Waals surface area contributed by atoms with Gasteiger partial charge in [-0.1, -0.05) is 0 Å². The van der Waals surface area contributed by atoms with E-state index in [9.17, 15) is 14.0 Å². The van der Waals surface area contributed by atoms with Crippen LogP contribution in [0.2, 0.25) is 0 Å². The number of fused-ring (bicyclic) bond motifs is 1. The van der Waals surface area contributed by atoms with Crippen molar-refractivity contribution in [2.45, 2.75) is 6.92 Å². The molecule has 0 fully saturated rings. The van der Waals surface area contributed by atoms with E-state index < -0.39 is 17.6 Å². The third-order valence-electron chi connectivity index (χ3n) is 2.90. The first-order chi connectivity index (χ1) is 9.99. The second-order valence-corrected chi connectivity index (χ2v) is 5.09. The van der Waals surface area contributed by atoms with Gasteiger partial charge in [-0.2, -0.15) is 5.26 Å². The fraction of sp³-hybridized carbons (Fsp3) is 0.133. The Morgan fingerprint density at radius 3 is 2.71 bits per heavy atom. The van der Waals surface area contributed by atoms with Crippen molar-refractivity contribution < 1.29 is 18.7 Å². The molecule has 0 radical (unpaired) electrons. The molecular weight excluding hydrogens is 293 g/mol. The van der Waals surface area contributed by atoms with Gasteiger partial charge in [0.05, 0.1) is 17.4 Å². The number of carbonyl (C=O) groups excluding carboxylic acids is 2. The molecule has 0 N–H and O–H groups in total. The van der Waals surface area contributed by atoms with Crippen LogP contribution in [0.1, 0.15) is 18.1 Å². The van der Waals surface area contributed by atoms with Gasteiger partial charge in [-0.3, -0.25) is 4.79 Å². The number of hydrogen-bond acceptors (Lipinski definition) is 5. The van der Waals surface area contributed by atoms with Crippen LogP contribution in [0.4, 0.5) is 4.39 Å². The number of nitriles is 1. The van der Waals surface area contributed by atoms with Gasteiger partial charge in [0.15, 0.2) is 5.78 Å². The van der Waals surface area contributed by atoms with Gasteiger partial charge in [-0.25, -0.2) is 9.18 Å². The minimum Gasteiger partial charge on any atom is -0.465 e. The highest BCUT2D eigenvalue weighted by atomic mass is 32.1. The topological polar surface area (TPSA) is 67.2 Å². The molecule has 1 heterocycles. The quantitative estimate of drug-likeness (QED) is 0.378. The highest BCUT2D eigenvalue weighted by Crippen LogP contribution is 2.32. The molecule has 0 saturated heterocycles. The maximum Gasteiger partial charge on any atom is 0.341 e. The molecule has 0 amide bonds. The van der Waals surface area contributed by atoms with Gasteiger partial charge in [0.1, 0.15) is 17.5 Å². The number of nitrogens with zero attached hydrogens (tertiary/aromatic N) is 1. The van der Waals surface area contributed by atoms with Gasteiger partial charge in [0.2, 0.25) is 0 Å². The SMILES string of the molecule is COC(=O)/C(=C/c1csc2c(C#N)ccc(F)c12)C(C)=O. The highest BCUT2D eigenvalue weighted by Gasteiger charge is 2.18. The number of methoxy groups -OCH3 is 1. The van der Waals surface area contributed by atoms with Crippen molar-refractivity contribution in [2.75, 3.05) is 7.11 Å². The van der Waals surface area contributed by atoms with E-state index in [2.05, 4.69) is 4.74 Å². The number of thiophene rings is 1. The fourth-order valence-corrected chi connectivity index (χ4v) is 2.90. The van der Waals surface area contributed by atoms with Gasteiger partial charge in [0.25, 0.3) is 0 Å². The Labute approximate surface area is 124 Å². The van der Waals surface area contributed by atoms with Crippen molar-refractivity contribution in [1.82, 2.24) is 0 Å². The predicted molar refractivity (Wildman–Crippen MR) is 77.2 cm³/mol. The summed E-state index contributed by atoms with van der Waals surface area (Å²) < 4.78 is 19.0. The van der Waals surface area contributed by atoms with Gasteiger partial charge in [-0.15, -0.1) is 11.3 Å². The van der Waals surface area contributed by atoms with E-state index >= 15 is 0 Å². The van der Waals surface area contributed by atoms with E-state index in [1.807, 2.05) is 6.07 Å². The van der Waals surface area contributed by atoms with E-state index in [-0.39, 0.29) is 11.0 Å². The van der Waals surface area contributed by atoms with Crippen LogP contribution in [-0.2, 0) is 14.3 Å². The number of carbonyl (C=O) groups is 2. The molecule has 1 aromatic carbocycles. The second-order valence-electron chi connectivity index (χ2n) is 4.21. The number of Topliss-reactive ketones (excluding diaryl/α,β-unsaturated/α-hetero) is 1. The standard InChI is InChI=1S/C15H10FNO3S/c1-8(18)11(15(19)20-2)5-10-7-21-14-9(6-17)3-4-12(16)13(10)14/h3-5,7H,1-2H3/b11-5+. The molecule has 2 rings (SSSR count). The molecule has 0 aliphatic rings. The molecule has 0 unspecified atom stereocenters. The van der Waals surface area contributed by atoms with Crippen molar-refractivity contribution in [2.24, 2.45) is 0 Å². The van der Waals surface area contributed by atoms with E-state index in [1.54, 1.807) is 5.38 Å². The van der Waals surface area contributed by atoms with Crippen LogP contribution < -0.4 is 0 Å². The van der Waals surface area contributed by atoms with Crippen LogP contribution in [0.25, 0.3) is 16.2 Å². The minimum atomic E-state index is -0.779. The molecule has 0 atom stereocenters. The summed E-state index contributed by atoms with van der Waals surface area (Å²) >= 11 is 1.18. The Hall–Kier alpha value is -2.52. The Kier molecular flexibility index (Phi) is 4.15. The lowest BCUT2D eigenvalue weighted by Gasteiger charge is -2.02. The highest BCUT2D eigenvalue weighted by molar-refractivity contribution is 7.17. The summed E-state index contributed by atoms with van der Waals surface area (Å²) in [4.78, 5) is 23.1. The molecule has 0 aliphatic carbocycles. The van der Waals surface area contributed by atoms with Crippen LogP contribution in [0.15, 0.2) is 23.1 Å². The van der Waals surface area contributed by atoms with Crippen LogP contribution in [0.5, 0.6) is 0 Å². The third kappa shape index (κ3) is 2.69. The summed E-state index contributed by atoms with van der Waals surface area (Å²) in [6.45, 7) is 1.23. The predicted octanol–water partition coefficient (Wildman–Crippen LogP) is 3.06. The average molecular weight is 303 g/mol. The first-order valence-corrected chi connectivity index (χ1v) is 6.78. The fourth-order valence-electron chi connectivity index (χ4n) is 1.90. The number of esters is 1. The van der Waals surface area contributed by atoms with Crippen molar-refractivity contribution in [3.05, 3.63) is 40.0 Å². The Morgan fingerprint density at radius 1 is 1.43 bits per heavy atom. The van der Waals surface area contributed by atoms with Gasteiger partial charge in [0, 0.05) is 5.39 Å².